The van der Waals surface area contributed by atoms with Gasteiger partial charge in [0.05, 0.1) is 29.6 Å². The van der Waals surface area contributed by atoms with Crippen molar-refractivity contribution in [3.05, 3.63) is 96.1 Å². The molecule has 9 nitrogen and oxygen atoms in total. The van der Waals surface area contributed by atoms with Gasteiger partial charge in [0, 0.05) is 5.69 Å². The van der Waals surface area contributed by atoms with Gasteiger partial charge >= 0.3 is 6.09 Å². The lowest BCUT2D eigenvalue weighted by Gasteiger charge is -2.25. The first kappa shape index (κ1) is 28.8. The lowest BCUT2D eigenvalue weighted by atomic mass is 9.93. The van der Waals surface area contributed by atoms with Crippen molar-refractivity contribution in [2.24, 2.45) is 5.92 Å². The number of nitrogens with two attached hydrogens (primary N) is 1. The molecule has 0 aliphatic rings. The van der Waals surface area contributed by atoms with Crippen LogP contribution in [0.15, 0.2) is 84.9 Å². The topological polar surface area (TPSA) is 147 Å². The summed E-state index contributed by atoms with van der Waals surface area (Å²) in [5, 5.41) is 23.5. The van der Waals surface area contributed by atoms with Gasteiger partial charge in [0.25, 0.3) is 0 Å². The molecule has 0 radical (unpaired) electrons. The molecular weight excluding hydrogens is 496 g/mol. The first-order valence-corrected chi connectivity index (χ1v) is 12.5. The number of rotatable bonds is 12. The highest BCUT2D eigenvalue weighted by atomic mass is 16.6. The second kappa shape index (κ2) is 14.8. The summed E-state index contributed by atoms with van der Waals surface area (Å²) in [7, 11) is 0. The number of benzene rings is 3. The van der Waals surface area contributed by atoms with Crippen molar-refractivity contribution in [2.75, 3.05) is 29.6 Å². The maximum Gasteiger partial charge on any atom is 0.412 e. The summed E-state index contributed by atoms with van der Waals surface area (Å²) in [6, 6.07) is 22.7. The van der Waals surface area contributed by atoms with Crippen LogP contribution in [0.1, 0.15) is 37.0 Å². The fourth-order valence-corrected chi connectivity index (χ4v) is 3.83. The highest BCUT2D eigenvalue weighted by molar-refractivity contribution is 6.01. The van der Waals surface area contributed by atoms with Crippen molar-refractivity contribution in [3.63, 3.8) is 0 Å². The Labute approximate surface area is 227 Å². The van der Waals surface area contributed by atoms with Crippen LogP contribution in [-0.2, 0) is 9.53 Å². The zero-order valence-electron chi connectivity index (χ0n) is 21.7. The molecule has 3 aromatic rings. The van der Waals surface area contributed by atoms with Gasteiger partial charge < -0.3 is 25.6 Å². The minimum atomic E-state index is -0.645. The second-order valence-electron chi connectivity index (χ2n) is 8.82. The third kappa shape index (κ3) is 9.22. The van der Waals surface area contributed by atoms with Crippen molar-refractivity contribution in [1.29, 1.82) is 5.26 Å². The molecule has 0 bridgehead atoms. The van der Waals surface area contributed by atoms with E-state index in [1.54, 1.807) is 72.8 Å². The molecule has 2 amide bonds. The molecular formula is C30H32N4O5. The smallest absolute Gasteiger partial charge is 0.412 e. The van der Waals surface area contributed by atoms with E-state index >= 15 is 0 Å². The number of carbonyl (C=O) groups excluding carboxylic acids is 2. The lowest BCUT2D eigenvalue weighted by Crippen LogP contribution is -2.22. The Morgan fingerprint density at radius 2 is 1.85 bits per heavy atom. The largest absolute Gasteiger partial charge is 0.491 e. The number of nitriles is 1. The van der Waals surface area contributed by atoms with Crippen LogP contribution in [0.4, 0.5) is 21.9 Å². The molecule has 0 heterocycles. The number of amides is 2. The maximum absolute atomic E-state index is 12.8. The standard InChI is InChI=1S/C30H32N4O5/c1-21(7-2-5-12-28(36)34-27-11-4-3-10-26(27)32)29(23-8-6-9-25(19-23)38-18-17-35)39-30(37)33-24-15-13-22(20-31)14-16-24/h3-6,8-16,19,21,29,35H,2,7,17-18,32H2,1H3,(H,33,37)(H,34,36)/b12-5+/t21-,29+/m1/s1. The van der Waals surface area contributed by atoms with Crippen molar-refractivity contribution >= 4 is 29.1 Å². The second-order valence-corrected chi connectivity index (χ2v) is 8.82. The van der Waals surface area contributed by atoms with Gasteiger partial charge in [-0.1, -0.05) is 37.3 Å². The molecule has 2 atom stereocenters. The number of carbonyl (C=O) groups is 2. The molecule has 0 aliphatic heterocycles. The molecule has 3 aromatic carbocycles. The highest BCUT2D eigenvalue weighted by Crippen LogP contribution is 2.32. The number of aliphatic hydroxyl groups is 1. The summed E-state index contributed by atoms with van der Waals surface area (Å²) in [4.78, 5) is 25.1. The molecule has 39 heavy (non-hydrogen) atoms. The Bertz CT molecular complexity index is 1320. The SMILES string of the molecule is C[C@H](CC/C=C/C(=O)Nc1ccccc1N)[C@H](OC(=O)Nc1ccc(C#N)cc1)c1cccc(OCCO)c1. The van der Waals surface area contributed by atoms with E-state index in [4.69, 9.17) is 25.6 Å². The van der Waals surface area contributed by atoms with Crippen LogP contribution in [0.3, 0.4) is 0 Å². The summed E-state index contributed by atoms with van der Waals surface area (Å²) >= 11 is 0. The number of nitrogens with zero attached hydrogens (tertiary/aromatic N) is 1. The van der Waals surface area contributed by atoms with Crippen LogP contribution >= 0.6 is 0 Å². The summed E-state index contributed by atoms with van der Waals surface area (Å²) in [5.41, 5.74) is 8.61. The molecule has 5 N–H and O–H groups in total. The quantitative estimate of drug-likeness (QED) is 0.181. The van der Waals surface area contributed by atoms with Gasteiger partial charge in [-0.05, 0) is 78.9 Å². The molecule has 0 spiro atoms. The van der Waals surface area contributed by atoms with Crippen molar-refractivity contribution in [2.45, 2.75) is 25.9 Å². The van der Waals surface area contributed by atoms with Gasteiger partial charge in [-0.2, -0.15) is 5.26 Å². The minimum Gasteiger partial charge on any atom is -0.491 e. The molecule has 0 fully saturated rings. The summed E-state index contributed by atoms with van der Waals surface area (Å²) in [5.74, 6) is 0.137. The molecule has 0 saturated carbocycles. The highest BCUT2D eigenvalue weighted by Gasteiger charge is 2.24. The van der Waals surface area contributed by atoms with E-state index in [1.165, 1.54) is 6.08 Å². The number of allylic oxidation sites excluding steroid dienone is 1. The number of aliphatic hydroxyl groups excluding tert-OH is 1. The van der Waals surface area contributed by atoms with Gasteiger partial charge in [-0.3, -0.25) is 10.1 Å². The van der Waals surface area contributed by atoms with E-state index in [2.05, 4.69) is 10.6 Å². The number of anilines is 3. The Balaban J connectivity index is 1.66. The minimum absolute atomic E-state index is 0.121. The first-order chi connectivity index (χ1) is 18.9. The van der Waals surface area contributed by atoms with E-state index in [0.717, 1.165) is 5.56 Å². The third-order valence-corrected chi connectivity index (χ3v) is 5.83. The third-order valence-electron chi connectivity index (χ3n) is 5.83. The van der Waals surface area contributed by atoms with E-state index in [0.29, 0.717) is 41.2 Å². The molecule has 0 unspecified atom stereocenters. The van der Waals surface area contributed by atoms with Crippen molar-refractivity contribution in [3.8, 4) is 11.8 Å². The molecule has 202 valence electrons. The van der Waals surface area contributed by atoms with Crippen molar-refractivity contribution in [1.82, 2.24) is 0 Å². The van der Waals surface area contributed by atoms with Crippen LogP contribution in [0.2, 0.25) is 0 Å². The average molecular weight is 529 g/mol. The number of nitrogen functional groups attached to an aromatic ring is 1. The van der Waals surface area contributed by atoms with Crippen LogP contribution in [0, 0.1) is 17.2 Å². The predicted octanol–water partition coefficient (Wildman–Crippen LogP) is 5.41. The molecule has 3 rings (SSSR count). The van der Waals surface area contributed by atoms with Gasteiger partial charge in [0.15, 0.2) is 0 Å². The van der Waals surface area contributed by atoms with Gasteiger partial charge in [-0.25, -0.2) is 4.79 Å². The lowest BCUT2D eigenvalue weighted by molar-refractivity contribution is -0.111. The zero-order chi connectivity index (χ0) is 28.0. The van der Waals surface area contributed by atoms with Crippen LogP contribution in [-0.4, -0.2) is 30.3 Å². The number of para-hydroxylation sites is 2. The monoisotopic (exact) mass is 528 g/mol. The average Bonchev–Trinajstić information content (AvgIpc) is 2.94. The van der Waals surface area contributed by atoms with E-state index in [-0.39, 0.29) is 25.0 Å². The number of ether oxygens (including phenoxy) is 2. The number of hydrogen-bond donors (Lipinski definition) is 4. The van der Waals surface area contributed by atoms with Gasteiger partial charge in [0.1, 0.15) is 18.5 Å². The summed E-state index contributed by atoms with van der Waals surface area (Å²) in [6.45, 7) is 1.98. The van der Waals surface area contributed by atoms with Gasteiger partial charge in [0.2, 0.25) is 5.91 Å². The normalized spacial score (nSPS) is 12.2. The fourth-order valence-electron chi connectivity index (χ4n) is 3.83. The van der Waals surface area contributed by atoms with Crippen LogP contribution in [0.5, 0.6) is 5.75 Å². The van der Waals surface area contributed by atoms with Crippen molar-refractivity contribution < 1.29 is 24.2 Å². The van der Waals surface area contributed by atoms with Crippen LogP contribution in [0.25, 0.3) is 0 Å². The van der Waals surface area contributed by atoms with E-state index in [1.807, 2.05) is 19.1 Å². The number of hydrogen-bond acceptors (Lipinski definition) is 7. The predicted molar refractivity (Wildman–Crippen MR) is 150 cm³/mol. The van der Waals surface area contributed by atoms with E-state index < -0.39 is 12.2 Å². The Morgan fingerprint density at radius 1 is 1.08 bits per heavy atom. The molecule has 0 saturated heterocycles. The molecule has 0 aromatic heterocycles. The summed E-state index contributed by atoms with van der Waals surface area (Å²) < 4.78 is 11.4. The fraction of sp³-hybridized carbons (Fsp3) is 0.233. The van der Waals surface area contributed by atoms with E-state index in [9.17, 15) is 9.59 Å². The Morgan fingerprint density at radius 3 is 2.56 bits per heavy atom. The summed E-state index contributed by atoms with van der Waals surface area (Å²) in [6.07, 6.45) is 3.14. The first-order valence-electron chi connectivity index (χ1n) is 12.5. The van der Waals surface area contributed by atoms with Crippen LogP contribution < -0.4 is 21.1 Å². The Hall–Kier alpha value is -4.81. The Kier molecular flexibility index (Phi) is 10.9. The number of nitrogens with one attached hydrogen (secondary N) is 2. The maximum atomic E-state index is 12.8. The molecule has 9 heteroatoms. The zero-order valence-corrected chi connectivity index (χ0v) is 21.7. The molecule has 0 aliphatic carbocycles. The van der Waals surface area contributed by atoms with Gasteiger partial charge in [-0.15, -0.1) is 0 Å².